The van der Waals surface area contributed by atoms with E-state index in [0.717, 1.165) is 5.56 Å². The summed E-state index contributed by atoms with van der Waals surface area (Å²) in [5, 5.41) is 0. The molecule has 0 radical (unpaired) electrons. The van der Waals surface area contributed by atoms with Crippen molar-refractivity contribution in [3.63, 3.8) is 0 Å². The predicted octanol–water partition coefficient (Wildman–Crippen LogP) is 2.36. The van der Waals surface area contributed by atoms with Gasteiger partial charge in [-0.2, -0.15) is 4.72 Å². The fraction of sp³-hybridized carbons (Fsp3) is 0.632. The Morgan fingerprint density at radius 1 is 1.12 bits per heavy atom. The molecule has 0 bridgehead atoms. The summed E-state index contributed by atoms with van der Waals surface area (Å²) in [6.45, 7) is 10.0. The fourth-order valence-corrected chi connectivity index (χ4v) is 4.16. The second-order valence-corrected chi connectivity index (χ2v) is 9.18. The molecular weight excluding hydrogens is 352 g/mol. The van der Waals surface area contributed by atoms with Gasteiger partial charge in [0.2, 0.25) is 15.9 Å². The molecule has 6 nitrogen and oxygen atoms in total. The molecule has 0 aliphatic carbocycles. The molecule has 26 heavy (non-hydrogen) atoms. The minimum atomic E-state index is -3.76. The molecule has 7 heteroatoms. The van der Waals surface area contributed by atoms with Gasteiger partial charge in [-0.1, -0.05) is 39.8 Å². The third-order valence-electron chi connectivity index (χ3n) is 4.48. The zero-order chi connectivity index (χ0) is 19.3. The van der Waals surface area contributed by atoms with Crippen molar-refractivity contribution in [3.05, 3.63) is 29.8 Å². The first kappa shape index (κ1) is 20.9. The summed E-state index contributed by atoms with van der Waals surface area (Å²) >= 11 is 0. The number of morpholine rings is 1. The first-order chi connectivity index (χ1) is 12.2. The summed E-state index contributed by atoms with van der Waals surface area (Å²) in [4.78, 5) is 14.7. The minimum Gasteiger partial charge on any atom is -0.378 e. The Hall–Kier alpha value is -1.44. The van der Waals surface area contributed by atoms with Crippen LogP contribution in [0.5, 0.6) is 0 Å². The van der Waals surface area contributed by atoms with Crippen molar-refractivity contribution >= 4 is 15.9 Å². The molecule has 0 saturated carbocycles. The number of ether oxygens (including phenoxy) is 1. The Balaban J connectivity index is 2.18. The van der Waals surface area contributed by atoms with E-state index in [2.05, 4.69) is 18.6 Å². The number of amides is 1. The van der Waals surface area contributed by atoms with Gasteiger partial charge in [0.05, 0.1) is 18.1 Å². The van der Waals surface area contributed by atoms with E-state index in [9.17, 15) is 13.2 Å². The molecule has 0 unspecified atom stereocenters. The van der Waals surface area contributed by atoms with Gasteiger partial charge in [-0.3, -0.25) is 4.79 Å². The first-order valence-electron chi connectivity index (χ1n) is 9.19. The summed E-state index contributed by atoms with van der Waals surface area (Å²) < 4.78 is 33.5. The van der Waals surface area contributed by atoms with Gasteiger partial charge in [-0.25, -0.2) is 8.42 Å². The molecule has 1 saturated heterocycles. The molecule has 1 aromatic carbocycles. The van der Waals surface area contributed by atoms with Crippen LogP contribution in [0.2, 0.25) is 0 Å². The second kappa shape index (κ2) is 8.97. The molecule has 0 aromatic heterocycles. The van der Waals surface area contributed by atoms with E-state index in [4.69, 9.17) is 4.74 Å². The van der Waals surface area contributed by atoms with Crippen LogP contribution >= 0.6 is 0 Å². The minimum absolute atomic E-state index is 0.177. The lowest BCUT2D eigenvalue weighted by molar-refractivity contribution is -0.137. The van der Waals surface area contributed by atoms with Crippen molar-refractivity contribution in [2.75, 3.05) is 26.3 Å². The quantitative estimate of drug-likeness (QED) is 0.785. The van der Waals surface area contributed by atoms with Crippen molar-refractivity contribution in [1.29, 1.82) is 0 Å². The smallest absolute Gasteiger partial charge is 0.241 e. The van der Waals surface area contributed by atoms with Crippen LogP contribution in [-0.4, -0.2) is 51.6 Å². The lowest BCUT2D eigenvalue weighted by Gasteiger charge is -2.31. The van der Waals surface area contributed by atoms with Crippen LogP contribution in [0.3, 0.4) is 0 Å². The van der Waals surface area contributed by atoms with Crippen molar-refractivity contribution in [3.8, 4) is 0 Å². The van der Waals surface area contributed by atoms with Crippen LogP contribution in [-0.2, 0) is 19.6 Å². The highest BCUT2D eigenvalue weighted by molar-refractivity contribution is 7.89. The molecule has 2 rings (SSSR count). The van der Waals surface area contributed by atoms with Crippen LogP contribution < -0.4 is 4.72 Å². The van der Waals surface area contributed by atoms with Gasteiger partial charge in [0.1, 0.15) is 6.04 Å². The third-order valence-corrected chi connectivity index (χ3v) is 5.97. The van der Waals surface area contributed by atoms with Gasteiger partial charge in [0, 0.05) is 13.1 Å². The third kappa shape index (κ3) is 5.53. The summed E-state index contributed by atoms with van der Waals surface area (Å²) in [7, 11) is -3.76. The standard InChI is InChI=1S/C19H30N2O4S/c1-14(2)13-18(19(22)21-9-11-25-12-10-21)20-26(23,24)17-7-5-16(6-8-17)15(3)4/h5-8,14-15,18,20H,9-13H2,1-4H3/t18-/m0/s1. The average molecular weight is 383 g/mol. The monoisotopic (exact) mass is 382 g/mol. The highest BCUT2D eigenvalue weighted by atomic mass is 32.2. The largest absolute Gasteiger partial charge is 0.378 e. The lowest BCUT2D eigenvalue weighted by atomic mass is 10.0. The van der Waals surface area contributed by atoms with Crippen LogP contribution in [0.25, 0.3) is 0 Å². The first-order valence-corrected chi connectivity index (χ1v) is 10.7. The summed E-state index contributed by atoms with van der Waals surface area (Å²) in [6, 6.07) is 6.08. The lowest BCUT2D eigenvalue weighted by Crippen LogP contribution is -2.52. The van der Waals surface area contributed by atoms with E-state index >= 15 is 0 Å². The van der Waals surface area contributed by atoms with Crippen LogP contribution in [0.4, 0.5) is 0 Å². The number of nitrogens with one attached hydrogen (secondary N) is 1. The van der Waals surface area contributed by atoms with E-state index < -0.39 is 16.1 Å². The van der Waals surface area contributed by atoms with Gasteiger partial charge in [-0.15, -0.1) is 0 Å². The van der Waals surface area contributed by atoms with Crippen LogP contribution in [0.1, 0.15) is 45.6 Å². The van der Waals surface area contributed by atoms with Crippen molar-refractivity contribution in [1.82, 2.24) is 9.62 Å². The number of nitrogens with zero attached hydrogens (tertiary/aromatic N) is 1. The Morgan fingerprint density at radius 2 is 1.69 bits per heavy atom. The average Bonchev–Trinajstić information content (AvgIpc) is 2.60. The van der Waals surface area contributed by atoms with Crippen LogP contribution in [0, 0.1) is 5.92 Å². The second-order valence-electron chi connectivity index (χ2n) is 7.46. The Morgan fingerprint density at radius 3 is 2.19 bits per heavy atom. The van der Waals surface area contributed by atoms with E-state index in [1.807, 2.05) is 26.0 Å². The topological polar surface area (TPSA) is 75.7 Å². The zero-order valence-corrected chi connectivity index (χ0v) is 16.9. The van der Waals surface area contributed by atoms with Gasteiger partial charge in [0.25, 0.3) is 0 Å². The number of carbonyl (C=O) groups excluding carboxylic acids is 1. The SMILES string of the molecule is CC(C)C[C@H](NS(=O)(=O)c1ccc(C(C)C)cc1)C(=O)N1CCOCC1. The van der Waals surface area contributed by atoms with Gasteiger partial charge in [0.15, 0.2) is 0 Å². The molecule has 146 valence electrons. The maximum Gasteiger partial charge on any atom is 0.241 e. The summed E-state index contributed by atoms with van der Waals surface area (Å²) in [5.41, 5.74) is 1.08. The number of benzene rings is 1. The van der Waals surface area contributed by atoms with Crippen molar-refractivity contribution in [2.45, 2.75) is 51.0 Å². The predicted molar refractivity (Wildman–Crippen MR) is 101 cm³/mol. The normalized spacial score (nSPS) is 16.9. The number of hydrogen-bond donors (Lipinski definition) is 1. The molecule has 1 fully saturated rings. The summed E-state index contributed by atoms with van der Waals surface area (Å²) in [6.07, 6.45) is 0.458. The molecule has 1 aromatic rings. The van der Waals surface area contributed by atoms with E-state index in [1.54, 1.807) is 17.0 Å². The maximum absolute atomic E-state index is 12.8. The van der Waals surface area contributed by atoms with E-state index in [1.165, 1.54) is 0 Å². The van der Waals surface area contributed by atoms with Gasteiger partial charge >= 0.3 is 0 Å². The van der Waals surface area contributed by atoms with Crippen molar-refractivity contribution < 1.29 is 17.9 Å². The molecule has 1 amide bonds. The number of rotatable bonds is 7. The fourth-order valence-electron chi connectivity index (χ4n) is 2.96. The zero-order valence-electron chi connectivity index (χ0n) is 16.1. The van der Waals surface area contributed by atoms with E-state index in [0.29, 0.717) is 38.6 Å². The Bertz CT molecular complexity index is 693. The maximum atomic E-state index is 12.8. The molecule has 1 N–H and O–H groups in total. The molecule has 1 aliphatic heterocycles. The molecule has 1 atom stereocenters. The van der Waals surface area contributed by atoms with E-state index in [-0.39, 0.29) is 16.7 Å². The molecule has 0 spiro atoms. The van der Waals surface area contributed by atoms with Crippen molar-refractivity contribution in [2.24, 2.45) is 5.92 Å². The molecule has 1 aliphatic rings. The number of sulfonamides is 1. The molecule has 1 heterocycles. The number of hydrogen-bond acceptors (Lipinski definition) is 4. The van der Waals surface area contributed by atoms with Gasteiger partial charge < -0.3 is 9.64 Å². The highest BCUT2D eigenvalue weighted by Gasteiger charge is 2.30. The van der Waals surface area contributed by atoms with Crippen LogP contribution in [0.15, 0.2) is 29.2 Å². The Kier molecular flexibility index (Phi) is 7.20. The Labute approximate surface area is 157 Å². The highest BCUT2D eigenvalue weighted by Crippen LogP contribution is 2.19. The summed E-state index contributed by atoms with van der Waals surface area (Å²) in [5.74, 6) is 0.344. The molecular formula is C19H30N2O4S. The number of carbonyl (C=O) groups is 1. The van der Waals surface area contributed by atoms with Gasteiger partial charge in [-0.05, 0) is 36.0 Å².